The minimum absolute atomic E-state index is 0.0479. The van der Waals surface area contributed by atoms with Crippen LogP contribution in [0.2, 0.25) is 15.1 Å². The van der Waals surface area contributed by atoms with Crippen LogP contribution in [0.3, 0.4) is 0 Å². The number of carbonyl (C=O) groups excluding carboxylic acids is 2. The van der Waals surface area contributed by atoms with Gasteiger partial charge in [0.15, 0.2) is 5.17 Å². The molecule has 0 radical (unpaired) electrons. The number of aliphatic imine (C=N–C) groups is 1. The van der Waals surface area contributed by atoms with Gasteiger partial charge in [0.1, 0.15) is 5.25 Å². The third-order valence-electron chi connectivity index (χ3n) is 4.83. The smallest absolute Gasteiger partial charge is 0.238 e. The fraction of sp³-hybridized carbons (Fsp3) is 0.125. The molecule has 168 valence electrons. The maximum atomic E-state index is 13.1. The zero-order valence-electron chi connectivity index (χ0n) is 17.2. The standard InChI is InChI=1S/C24H18Cl3N3O2S/c25-16-6-4-15(5-7-16)14-30-22(31)13-21(23(32)28-19-10-8-17(26)9-11-19)33-24(30)29-20-3-1-2-18(27)12-20/h1-12,21H,13-14H2,(H,28,32). The third-order valence-corrected chi connectivity index (χ3v) is 6.76. The van der Waals surface area contributed by atoms with Crippen LogP contribution in [0.5, 0.6) is 0 Å². The summed E-state index contributed by atoms with van der Waals surface area (Å²) >= 11 is 19.3. The maximum Gasteiger partial charge on any atom is 0.238 e. The van der Waals surface area contributed by atoms with Gasteiger partial charge >= 0.3 is 0 Å². The predicted octanol–water partition coefficient (Wildman–Crippen LogP) is 6.81. The average molecular weight is 519 g/mol. The van der Waals surface area contributed by atoms with Crippen molar-refractivity contribution in [3.05, 3.63) is 93.4 Å². The molecule has 1 unspecified atom stereocenters. The number of hydrogen-bond donors (Lipinski definition) is 1. The molecular formula is C24H18Cl3N3O2S. The highest BCUT2D eigenvalue weighted by Gasteiger charge is 2.36. The van der Waals surface area contributed by atoms with Crippen molar-refractivity contribution in [3.8, 4) is 0 Å². The van der Waals surface area contributed by atoms with E-state index in [9.17, 15) is 9.59 Å². The van der Waals surface area contributed by atoms with Gasteiger partial charge in [0.2, 0.25) is 11.8 Å². The molecule has 3 aromatic carbocycles. The monoisotopic (exact) mass is 517 g/mol. The van der Waals surface area contributed by atoms with Crippen LogP contribution in [0, 0.1) is 0 Å². The summed E-state index contributed by atoms with van der Waals surface area (Å²) in [6, 6.07) is 21.1. The van der Waals surface area contributed by atoms with Gasteiger partial charge in [-0.1, -0.05) is 64.8 Å². The third kappa shape index (κ3) is 6.30. The molecule has 1 aliphatic heterocycles. The molecular weight excluding hydrogens is 501 g/mol. The minimum atomic E-state index is -0.632. The van der Waals surface area contributed by atoms with E-state index < -0.39 is 5.25 Å². The van der Waals surface area contributed by atoms with Crippen LogP contribution in [0.4, 0.5) is 11.4 Å². The second-order valence-corrected chi connectivity index (χ2v) is 9.77. The summed E-state index contributed by atoms with van der Waals surface area (Å²) in [4.78, 5) is 32.3. The highest BCUT2D eigenvalue weighted by Crippen LogP contribution is 2.32. The summed E-state index contributed by atoms with van der Waals surface area (Å²) in [6.07, 6.45) is 0.0479. The Balaban J connectivity index is 1.60. The molecule has 1 atom stereocenters. The largest absolute Gasteiger partial charge is 0.325 e. The Morgan fingerprint density at radius 3 is 2.30 bits per heavy atom. The Labute approximate surface area is 210 Å². The molecule has 1 saturated heterocycles. The molecule has 1 fully saturated rings. The van der Waals surface area contributed by atoms with Crippen LogP contribution in [0.15, 0.2) is 77.8 Å². The zero-order chi connectivity index (χ0) is 23.4. The van der Waals surface area contributed by atoms with Gasteiger partial charge in [-0.15, -0.1) is 0 Å². The van der Waals surface area contributed by atoms with E-state index in [1.807, 2.05) is 12.1 Å². The summed E-state index contributed by atoms with van der Waals surface area (Å²) in [7, 11) is 0. The van der Waals surface area contributed by atoms with Crippen LogP contribution >= 0.6 is 46.6 Å². The summed E-state index contributed by atoms with van der Waals surface area (Å²) in [5.74, 6) is -0.471. The lowest BCUT2D eigenvalue weighted by Gasteiger charge is -2.32. The van der Waals surface area contributed by atoms with Crippen molar-refractivity contribution in [1.29, 1.82) is 0 Å². The van der Waals surface area contributed by atoms with Crippen molar-refractivity contribution in [1.82, 2.24) is 4.90 Å². The van der Waals surface area contributed by atoms with Crippen molar-refractivity contribution >= 4 is 74.9 Å². The molecule has 9 heteroatoms. The second-order valence-electron chi connectivity index (χ2n) is 7.29. The summed E-state index contributed by atoms with van der Waals surface area (Å²) in [5, 5.41) is 4.36. The van der Waals surface area contributed by atoms with Gasteiger partial charge in [0.25, 0.3) is 0 Å². The Kier molecular flexibility index (Phi) is 7.60. The van der Waals surface area contributed by atoms with Crippen LogP contribution in [-0.4, -0.2) is 27.1 Å². The van der Waals surface area contributed by atoms with Crippen molar-refractivity contribution < 1.29 is 9.59 Å². The number of halogens is 3. The van der Waals surface area contributed by atoms with Gasteiger partial charge in [-0.25, -0.2) is 4.99 Å². The topological polar surface area (TPSA) is 61.8 Å². The molecule has 4 rings (SSSR count). The molecule has 5 nitrogen and oxygen atoms in total. The van der Waals surface area contributed by atoms with E-state index in [4.69, 9.17) is 34.8 Å². The van der Waals surface area contributed by atoms with Gasteiger partial charge in [0.05, 0.1) is 12.2 Å². The van der Waals surface area contributed by atoms with Crippen molar-refractivity contribution in [2.45, 2.75) is 18.2 Å². The second kappa shape index (κ2) is 10.6. The fourth-order valence-electron chi connectivity index (χ4n) is 3.18. The highest BCUT2D eigenvalue weighted by atomic mass is 35.5. The number of carbonyl (C=O) groups is 2. The van der Waals surface area contributed by atoms with E-state index in [1.165, 1.54) is 11.8 Å². The number of hydrogen-bond acceptors (Lipinski definition) is 4. The quantitative estimate of drug-likeness (QED) is 0.404. The van der Waals surface area contributed by atoms with Crippen molar-refractivity contribution in [2.24, 2.45) is 4.99 Å². The Hall–Kier alpha value is -2.51. The normalized spacial score (nSPS) is 17.3. The molecule has 0 aliphatic carbocycles. The number of rotatable bonds is 5. The maximum absolute atomic E-state index is 13.1. The van der Waals surface area contributed by atoms with Gasteiger partial charge in [-0.2, -0.15) is 0 Å². The van der Waals surface area contributed by atoms with Crippen LogP contribution in [0.1, 0.15) is 12.0 Å². The van der Waals surface area contributed by atoms with E-state index in [-0.39, 0.29) is 18.2 Å². The minimum Gasteiger partial charge on any atom is -0.325 e. The van der Waals surface area contributed by atoms with E-state index in [2.05, 4.69) is 10.3 Å². The van der Waals surface area contributed by atoms with Gasteiger partial charge in [0, 0.05) is 27.2 Å². The fourth-order valence-corrected chi connectivity index (χ4v) is 4.72. The lowest BCUT2D eigenvalue weighted by Crippen LogP contribution is -2.44. The van der Waals surface area contributed by atoms with Crippen molar-refractivity contribution in [2.75, 3.05) is 5.32 Å². The molecule has 1 N–H and O–H groups in total. The number of nitrogens with zero attached hydrogens (tertiary/aromatic N) is 2. The lowest BCUT2D eigenvalue weighted by molar-refractivity contribution is -0.129. The van der Waals surface area contributed by atoms with Crippen LogP contribution in [-0.2, 0) is 16.1 Å². The summed E-state index contributed by atoms with van der Waals surface area (Å²) in [5.41, 5.74) is 2.10. The molecule has 0 bridgehead atoms. The molecule has 1 heterocycles. The lowest BCUT2D eigenvalue weighted by atomic mass is 10.2. The zero-order valence-corrected chi connectivity index (χ0v) is 20.3. The molecule has 33 heavy (non-hydrogen) atoms. The SMILES string of the molecule is O=C(Nc1ccc(Cl)cc1)C1CC(=O)N(Cc2ccc(Cl)cc2)C(=Nc2cccc(Cl)c2)S1. The highest BCUT2D eigenvalue weighted by molar-refractivity contribution is 8.15. The van der Waals surface area contributed by atoms with E-state index in [1.54, 1.807) is 65.6 Å². The summed E-state index contributed by atoms with van der Waals surface area (Å²) < 4.78 is 0. The van der Waals surface area contributed by atoms with E-state index in [0.29, 0.717) is 38.2 Å². The molecule has 0 aromatic heterocycles. The van der Waals surface area contributed by atoms with Gasteiger partial charge < -0.3 is 5.32 Å². The van der Waals surface area contributed by atoms with Crippen molar-refractivity contribution in [3.63, 3.8) is 0 Å². The average Bonchev–Trinajstić information content (AvgIpc) is 2.79. The molecule has 2 amide bonds. The Morgan fingerprint density at radius 2 is 1.64 bits per heavy atom. The van der Waals surface area contributed by atoms with Crippen LogP contribution in [0.25, 0.3) is 0 Å². The first-order valence-electron chi connectivity index (χ1n) is 9.99. The van der Waals surface area contributed by atoms with Gasteiger partial charge in [-0.05, 0) is 60.2 Å². The molecule has 3 aromatic rings. The molecule has 1 aliphatic rings. The number of benzene rings is 3. The van der Waals surface area contributed by atoms with Gasteiger partial charge in [-0.3, -0.25) is 14.5 Å². The number of amides is 2. The Morgan fingerprint density at radius 1 is 0.970 bits per heavy atom. The first-order valence-corrected chi connectivity index (χ1v) is 12.0. The number of nitrogens with one attached hydrogen (secondary N) is 1. The first kappa shape index (κ1) is 23.6. The molecule has 0 spiro atoms. The number of anilines is 1. The van der Waals surface area contributed by atoms with E-state index >= 15 is 0 Å². The Bertz CT molecular complexity index is 1200. The van der Waals surface area contributed by atoms with E-state index in [0.717, 1.165) is 5.56 Å². The number of amidine groups is 1. The van der Waals surface area contributed by atoms with Crippen LogP contribution < -0.4 is 5.32 Å². The summed E-state index contributed by atoms with van der Waals surface area (Å²) in [6.45, 7) is 0.313. The predicted molar refractivity (Wildman–Crippen MR) is 137 cm³/mol. The first-order chi connectivity index (χ1) is 15.9. The molecule has 0 saturated carbocycles. The number of thioether (sulfide) groups is 1.